The van der Waals surface area contributed by atoms with Crippen molar-refractivity contribution in [1.29, 1.82) is 0 Å². The summed E-state index contributed by atoms with van der Waals surface area (Å²) in [4.78, 5) is 0. The largest absolute Gasteiger partial charge is 0.473 e. The summed E-state index contributed by atoms with van der Waals surface area (Å²) >= 11 is 0. The van der Waals surface area contributed by atoms with E-state index in [-0.39, 0.29) is 20.4 Å². The normalized spacial score (nSPS) is 12.7. The topological polar surface area (TPSA) is 26.0 Å². The van der Waals surface area contributed by atoms with Crippen LogP contribution in [0, 0.1) is 12.1 Å². The summed E-state index contributed by atoms with van der Waals surface area (Å²) < 4.78 is 4.68. The van der Waals surface area contributed by atoms with Crippen LogP contribution in [0.25, 0.3) is 0 Å². The smallest absolute Gasteiger partial charge is 0 e. The van der Waals surface area contributed by atoms with Crippen LogP contribution in [0.5, 0.6) is 0 Å². The third-order valence-corrected chi connectivity index (χ3v) is 1.90. The van der Waals surface area contributed by atoms with E-state index in [2.05, 4.69) is 36.6 Å². The molecule has 0 aliphatic carbocycles. The Kier molecular flexibility index (Phi) is 4.64. The zero-order valence-electron chi connectivity index (χ0n) is 6.97. The molecule has 2 nitrogen and oxygen atoms in total. The van der Waals surface area contributed by atoms with Gasteiger partial charge >= 0.3 is 0 Å². The Balaban J connectivity index is 0.000001000. The number of hydrogen-bond acceptors (Lipinski definition) is 2. The third kappa shape index (κ3) is 2.77. The van der Waals surface area contributed by atoms with Gasteiger partial charge in [0.15, 0.2) is 0 Å². The van der Waals surface area contributed by atoms with Gasteiger partial charge in [0.2, 0.25) is 0 Å². The van der Waals surface area contributed by atoms with E-state index < -0.39 is 0 Å². The van der Waals surface area contributed by atoms with Crippen LogP contribution >= 0.6 is 0 Å². The first-order valence-corrected chi connectivity index (χ1v) is 3.53. The van der Waals surface area contributed by atoms with Crippen molar-refractivity contribution in [3.63, 3.8) is 0 Å². The number of nitrogens with zero attached hydrogens (tertiary/aromatic N) is 1. The second-order valence-electron chi connectivity index (χ2n) is 2.91. The van der Waals surface area contributed by atoms with E-state index in [0.717, 1.165) is 5.56 Å². The molecule has 0 fully saturated rings. The van der Waals surface area contributed by atoms with Crippen molar-refractivity contribution in [2.45, 2.75) is 26.7 Å². The van der Waals surface area contributed by atoms with Gasteiger partial charge in [-0.1, -0.05) is 27.0 Å². The fourth-order valence-electron chi connectivity index (χ4n) is 0.757. The number of rotatable bonds is 2. The van der Waals surface area contributed by atoms with Gasteiger partial charge in [-0.25, -0.2) is 5.16 Å². The van der Waals surface area contributed by atoms with Crippen LogP contribution in [0.4, 0.5) is 0 Å². The molecule has 1 heterocycles. The fourth-order valence-corrected chi connectivity index (χ4v) is 0.757. The zero-order chi connectivity index (χ0) is 7.56. The van der Waals surface area contributed by atoms with Gasteiger partial charge in [-0.2, -0.15) is 5.56 Å². The maximum atomic E-state index is 4.68. The minimum atomic E-state index is 0. The number of hydrogen-bond donors (Lipinski definition) is 0. The Morgan fingerprint density at radius 1 is 1.45 bits per heavy atom. The minimum Gasteiger partial charge on any atom is -0.473 e. The van der Waals surface area contributed by atoms with E-state index in [1.165, 1.54) is 0 Å². The summed E-state index contributed by atoms with van der Waals surface area (Å²) in [5.74, 6) is 1.11. The third-order valence-electron chi connectivity index (χ3n) is 1.90. The van der Waals surface area contributed by atoms with Crippen LogP contribution in [0.2, 0.25) is 0 Å². The summed E-state index contributed by atoms with van der Waals surface area (Å²) in [6.45, 7) is 6.49. The molecule has 0 saturated carbocycles. The van der Waals surface area contributed by atoms with E-state index >= 15 is 0 Å². The Morgan fingerprint density at radius 2 is 2.09 bits per heavy atom. The van der Waals surface area contributed by atoms with Gasteiger partial charge in [0.05, 0.1) is 0 Å². The summed E-state index contributed by atoms with van der Waals surface area (Å²) in [7, 11) is 0. The Hall–Kier alpha value is -0.128. The van der Waals surface area contributed by atoms with Gasteiger partial charge < -0.3 is 4.52 Å². The molecule has 0 aliphatic rings. The van der Waals surface area contributed by atoms with Crippen molar-refractivity contribution in [1.82, 2.24) is 5.16 Å². The molecule has 0 bridgehead atoms. The average Bonchev–Trinajstić information content (AvgIpc) is 2.36. The molecule has 0 spiro atoms. The van der Waals surface area contributed by atoms with Crippen LogP contribution in [0.1, 0.15) is 32.3 Å². The summed E-state index contributed by atoms with van der Waals surface area (Å²) in [5, 5.41) is 3.53. The quantitative estimate of drug-likeness (QED) is 0.780. The van der Waals surface area contributed by atoms with Gasteiger partial charge in [0.1, 0.15) is 0 Å². The Labute approximate surface area is 81.0 Å². The molecule has 1 rings (SSSR count). The summed E-state index contributed by atoms with van der Waals surface area (Å²) in [6.07, 6.45) is 4.46. The van der Waals surface area contributed by atoms with E-state index in [0.29, 0.717) is 11.8 Å². The van der Waals surface area contributed by atoms with Crippen LogP contribution in [-0.2, 0) is 20.4 Å². The van der Waals surface area contributed by atoms with E-state index in [4.69, 9.17) is 0 Å². The first-order chi connectivity index (χ1) is 4.72. The predicted molar refractivity (Wildman–Crippen MR) is 38.6 cm³/mol. The van der Waals surface area contributed by atoms with Crippen molar-refractivity contribution in [3.05, 3.63) is 18.0 Å². The van der Waals surface area contributed by atoms with Crippen LogP contribution < -0.4 is 0 Å². The molecule has 63 valence electrons. The SMILES string of the molecule is CC(C)[C@@H](C)c1[c-]noc1.[Re]. The van der Waals surface area contributed by atoms with Gasteiger partial charge in [0, 0.05) is 20.4 Å². The average molecular weight is 324 g/mol. The molecular weight excluding hydrogens is 312 g/mol. The summed E-state index contributed by atoms with van der Waals surface area (Å²) in [6, 6.07) is 0. The fraction of sp³-hybridized carbons (Fsp3) is 0.625. The van der Waals surface area contributed by atoms with Gasteiger partial charge in [-0.05, 0) is 18.1 Å². The molecule has 1 aromatic rings. The zero-order valence-corrected chi connectivity index (χ0v) is 9.68. The maximum Gasteiger partial charge on any atom is 0 e. The van der Waals surface area contributed by atoms with Crippen LogP contribution in [0.3, 0.4) is 0 Å². The van der Waals surface area contributed by atoms with Crippen LogP contribution in [0.15, 0.2) is 10.8 Å². The molecule has 0 aromatic carbocycles. The van der Waals surface area contributed by atoms with Crippen molar-refractivity contribution in [3.8, 4) is 0 Å². The maximum absolute atomic E-state index is 4.68. The number of aromatic nitrogens is 1. The van der Waals surface area contributed by atoms with Gasteiger partial charge in [-0.15, -0.1) is 0 Å². The van der Waals surface area contributed by atoms with Crippen molar-refractivity contribution < 1.29 is 24.9 Å². The molecule has 0 amide bonds. The van der Waals surface area contributed by atoms with Gasteiger partial charge in [0.25, 0.3) is 0 Å². The molecule has 11 heavy (non-hydrogen) atoms. The second-order valence-corrected chi connectivity index (χ2v) is 2.91. The molecule has 1 aromatic heterocycles. The minimum absolute atomic E-state index is 0. The standard InChI is InChI=1S/C8H12NO.Re/c1-6(2)7(3)8-4-9-10-5-8;/h5-7H,1-3H3;/q-1;/t7-;/m1./s1. The summed E-state index contributed by atoms with van der Waals surface area (Å²) in [5.41, 5.74) is 1.06. The van der Waals surface area contributed by atoms with E-state index in [1.807, 2.05) is 0 Å². The molecule has 1 radical (unpaired) electrons. The van der Waals surface area contributed by atoms with Crippen molar-refractivity contribution in [2.24, 2.45) is 5.92 Å². The first kappa shape index (κ1) is 10.9. The van der Waals surface area contributed by atoms with Crippen molar-refractivity contribution >= 4 is 0 Å². The van der Waals surface area contributed by atoms with Crippen LogP contribution in [-0.4, -0.2) is 5.16 Å². The van der Waals surface area contributed by atoms with E-state index in [9.17, 15) is 0 Å². The first-order valence-electron chi connectivity index (χ1n) is 3.53. The molecular formula is C8H12NORe-. The van der Waals surface area contributed by atoms with Crippen molar-refractivity contribution in [2.75, 3.05) is 0 Å². The Bertz CT molecular complexity index is 184. The molecule has 1 atom stereocenters. The molecule has 3 heteroatoms. The molecule has 0 saturated heterocycles. The predicted octanol–water partition coefficient (Wildman–Crippen LogP) is 2.23. The monoisotopic (exact) mass is 325 g/mol. The second kappa shape index (κ2) is 4.69. The molecule has 0 unspecified atom stereocenters. The Morgan fingerprint density at radius 3 is 2.45 bits per heavy atom. The van der Waals surface area contributed by atoms with E-state index in [1.54, 1.807) is 6.26 Å². The molecule has 0 N–H and O–H groups in total. The van der Waals surface area contributed by atoms with Gasteiger partial charge in [-0.3, -0.25) is 0 Å². The molecule has 0 aliphatic heterocycles.